The maximum atomic E-state index is 12.4. The normalized spacial score (nSPS) is 17.5. The topological polar surface area (TPSA) is 70.0 Å². The standard InChI is InChI=1S/C11H12Cl2N2O3S/c12-10-2-1-9(7-11(10)13)19(17,18)15-5-3-8(14-16)4-6-15/h1-2,7,16H,3-6H2. The quantitative estimate of drug-likeness (QED) is 0.672. The molecule has 8 heteroatoms. The number of benzene rings is 1. The molecule has 1 aliphatic heterocycles. The SMILES string of the molecule is O=S(=O)(c1ccc(Cl)c(Cl)c1)N1CCC(=NO)CC1. The van der Waals surface area contributed by atoms with Crippen LogP contribution >= 0.6 is 23.2 Å². The zero-order chi connectivity index (χ0) is 14.0. The van der Waals surface area contributed by atoms with Gasteiger partial charge in [0.05, 0.1) is 20.7 Å². The van der Waals surface area contributed by atoms with Crippen LogP contribution in [0.4, 0.5) is 0 Å². The van der Waals surface area contributed by atoms with Crippen molar-refractivity contribution in [2.24, 2.45) is 5.16 Å². The summed E-state index contributed by atoms with van der Waals surface area (Å²) in [5, 5.41) is 12.3. The minimum atomic E-state index is -3.58. The largest absolute Gasteiger partial charge is 0.411 e. The number of piperidine rings is 1. The number of sulfonamides is 1. The van der Waals surface area contributed by atoms with Gasteiger partial charge in [0.1, 0.15) is 0 Å². The molecule has 0 spiro atoms. The lowest BCUT2D eigenvalue weighted by atomic mass is 10.1. The first-order valence-electron chi connectivity index (χ1n) is 5.60. The van der Waals surface area contributed by atoms with E-state index in [1.807, 2.05) is 0 Å². The van der Waals surface area contributed by atoms with E-state index >= 15 is 0 Å². The lowest BCUT2D eigenvalue weighted by Gasteiger charge is -2.26. The Balaban J connectivity index is 2.25. The third kappa shape index (κ3) is 3.02. The summed E-state index contributed by atoms with van der Waals surface area (Å²) in [6.07, 6.45) is 0.855. The molecule has 0 aliphatic carbocycles. The Hall–Kier alpha value is -0.820. The van der Waals surface area contributed by atoms with Crippen molar-refractivity contribution in [1.82, 2.24) is 4.31 Å². The number of nitrogens with zero attached hydrogens (tertiary/aromatic N) is 2. The summed E-state index contributed by atoms with van der Waals surface area (Å²) in [7, 11) is -3.58. The van der Waals surface area contributed by atoms with Gasteiger partial charge in [0.2, 0.25) is 10.0 Å². The molecule has 1 saturated heterocycles. The highest BCUT2D eigenvalue weighted by Crippen LogP contribution is 2.27. The molecule has 0 radical (unpaired) electrons. The van der Waals surface area contributed by atoms with Crippen LogP contribution in [0.1, 0.15) is 12.8 Å². The zero-order valence-electron chi connectivity index (χ0n) is 9.88. The van der Waals surface area contributed by atoms with E-state index in [9.17, 15) is 8.42 Å². The number of hydrogen-bond donors (Lipinski definition) is 1. The van der Waals surface area contributed by atoms with Crippen molar-refractivity contribution >= 4 is 38.9 Å². The van der Waals surface area contributed by atoms with Crippen molar-refractivity contribution in [3.63, 3.8) is 0 Å². The van der Waals surface area contributed by atoms with Gasteiger partial charge in [-0.2, -0.15) is 4.31 Å². The smallest absolute Gasteiger partial charge is 0.243 e. The van der Waals surface area contributed by atoms with Crippen molar-refractivity contribution in [1.29, 1.82) is 0 Å². The van der Waals surface area contributed by atoms with E-state index in [1.165, 1.54) is 22.5 Å². The van der Waals surface area contributed by atoms with Gasteiger partial charge in [-0.15, -0.1) is 0 Å². The second kappa shape index (κ2) is 5.66. The average Bonchev–Trinajstić information content (AvgIpc) is 2.41. The highest BCUT2D eigenvalue weighted by Gasteiger charge is 2.28. The molecule has 5 nitrogen and oxygen atoms in total. The Bertz CT molecular complexity index is 606. The molecule has 0 atom stereocenters. The van der Waals surface area contributed by atoms with Crippen LogP contribution in [0.25, 0.3) is 0 Å². The van der Waals surface area contributed by atoms with Crippen LogP contribution in [0.3, 0.4) is 0 Å². The first kappa shape index (κ1) is 14.6. The summed E-state index contributed by atoms with van der Waals surface area (Å²) in [5.41, 5.74) is 0.612. The van der Waals surface area contributed by atoms with Crippen molar-refractivity contribution in [3.05, 3.63) is 28.2 Å². The molecule has 1 fully saturated rings. The zero-order valence-corrected chi connectivity index (χ0v) is 12.2. The summed E-state index contributed by atoms with van der Waals surface area (Å²) < 4.78 is 26.1. The van der Waals surface area contributed by atoms with Crippen molar-refractivity contribution in [2.45, 2.75) is 17.7 Å². The summed E-state index contributed by atoms with van der Waals surface area (Å²) in [4.78, 5) is 0.117. The fraction of sp³-hybridized carbons (Fsp3) is 0.364. The third-order valence-electron chi connectivity index (χ3n) is 2.97. The van der Waals surface area contributed by atoms with E-state index in [4.69, 9.17) is 28.4 Å². The molecule has 1 aliphatic rings. The van der Waals surface area contributed by atoms with Gasteiger partial charge in [-0.1, -0.05) is 28.4 Å². The first-order chi connectivity index (χ1) is 8.95. The predicted molar refractivity (Wildman–Crippen MR) is 73.7 cm³/mol. The highest BCUT2D eigenvalue weighted by atomic mass is 35.5. The summed E-state index contributed by atoms with van der Waals surface area (Å²) >= 11 is 11.6. The summed E-state index contributed by atoms with van der Waals surface area (Å²) in [6.45, 7) is 0.587. The second-order valence-electron chi connectivity index (χ2n) is 4.15. The lowest BCUT2D eigenvalue weighted by molar-refractivity contribution is 0.310. The van der Waals surface area contributed by atoms with Crippen LogP contribution in [0.15, 0.2) is 28.3 Å². The van der Waals surface area contributed by atoms with Crippen LogP contribution < -0.4 is 0 Å². The molecular weight excluding hydrogens is 311 g/mol. The van der Waals surface area contributed by atoms with Gasteiger partial charge in [0.25, 0.3) is 0 Å². The molecule has 1 heterocycles. The molecule has 19 heavy (non-hydrogen) atoms. The molecule has 0 aromatic heterocycles. The van der Waals surface area contributed by atoms with Gasteiger partial charge in [-0.3, -0.25) is 0 Å². The third-order valence-corrected chi connectivity index (χ3v) is 5.60. The van der Waals surface area contributed by atoms with E-state index in [1.54, 1.807) is 0 Å². The molecule has 0 unspecified atom stereocenters. The van der Waals surface area contributed by atoms with E-state index < -0.39 is 10.0 Å². The molecule has 2 rings (SSSR count). The molecule has 0 amide bonds. The number of rotatable bonds is 2. The van der Waals surface area contributed by atoms with Crippen molar-refractivity contribution in [3.8, 4) is 0 Å². The van der Waals surface area contributed by atoms with E-state index in [-0.39, 0.29) is 9.92 Å². The Kier molecular flexibility index (Phi) is 4.35. The van der Waals surface area contributed by atoms with E-state index in [2.05, 4.69) is 5.16 Å². The van der Waals surface area contributed by atoms with Gasteiger partial charge in [-0.25, -0.2) is 8.42 Å². The highest BCUT2D eigenvalue weighted by molar-refractivity contribution is 7.89. The van der Waals surface area contributed by atoms with Gasteiger partial charge < -0.3 is 5.21 Å². The minimum absolute atomic E-state index is 0.117. The van der Waals surface area contributed by atoms with Gasteiger partial charge in [-0.05, 0) is 18.2 Å². The van der Waals surface area contributed by atoms with E-state index in [0.717, 1.165) is 0 Å². The Labute approximate surface area is 121 Å². The minimum Gasteiger partial charge on any atom is -0.411 e. The van der Waals surface area contributed by atoms with E-state index in [0.29, 0.717) is 36.7 Å². The fourth-order valence-corrected chi connectivity index (χ4v) is 3.70. The number of halogens is 2. The van der Waals surface area contributed by atoms with Crippen LogP contribution in [-0.4, -0.2) is 36.7 Å². The molecule has 1 aromatic carbocycles. The van der Waals surface area contributed by atoms with Gasteiger partial charge >= 0.3 is 0 Å². The molecule has 104 valence electrons. The Morgan fingerprint density at radius 3 is 2.32 bits per heavy atom. The van der Waals surface area contributed by atoms with Crippen LogP contribution in [0.2, 0.25) is 10.0 Å². The van der Waals surface area contributed by atoms with Crippen LogP contribution in [0, 0.1) is 0 Å². The average molecular weight is 323 g/mol. The van der Waals surface area contributed by atoms with Crippen molar-refractivity contribution in [2.75, 3.05) is 13.1 Å². The van der Waals surface area contributed by atoms with Crippen molar-refractivity contribution < 1.29 is 13.6 Å². The van der Waals surface area contributed by atoms with Gasteiger partial charge in [0, 0.05) is 25.9 Å². The predicted octanol–water partition coefficient (Wildman–Crippen LogP) is 2.61. The Morgan fingerprint density at radius 1 is 1.16 bits per heavy atom. The van der Waals surface area contributed by atoms with Crippen LogP contribution in [-0.2, 0) is 10.0 Å². The summed E-state index contributed by atoms with van der Waals surface area (Å²) in [5.74, 6) is 0. The summed E-state index contributed by atoms with van der Waals surface area (Å²) in [6, 6.07) is 4.23. The Morgan fingerprint density at radius 2 is 1.79 bits per heavy atom. The maximum Gasteiger partial charge on any atom is 0.243 e. The molecule has 1 N–H and O–H groups in total. The maximum absolute atomic E-state index is 12.4. The molecular formula is C11H12Cl2N2O3S. The molecule has 1 aromatic rings. The van der Waals surface area contributed by atoms with Gasteiger partial charge in [0.15, 0.2) is 0 Å². The number of hydrogen-bond acceptors (Lipinski definition) is 4. The molecule has 0 bridgehead atoms. The number of oxime groups is 1. The first-order valence-corrected chi connectivity index (χ1v) is 7.80. The van der Waals surface area contributed by atoms with Crippen LogP contribution in [0.5, 0.6) is 0 Å². The molecule has 0 saturated carbocycles. The second-order valence-corrected chi connectivity index (χ2v) is 6.90. The lowest BCUT2D eigenvalue weighted by Crippen LogP contribution is -2.38. The monoisotopic (exact) mass is 322 g/mol. The fourth-order valence-electron chi connectivity index (χ4n) is 1.87.